The number of aliphatic imine (C=N–C) groups is 1. The molecule has 8 heteroatoms. The van der Waals surface area contributed by atoms with Crippen LogP contribution in [-0.2, 0) is 16.0 Å². The molecule has 1 saturated heterocycles. The second kappa shape index (κ2) is 11.2. The molecule has 1 aliphatic heterocycles. The van der Waals surface area contributed by atoms with Crippen molar-refractivity contribution in [2.75, 3.05) is 32.8 Å². The van der Waals surface area contributed by atoms with Crippen molar-refractivity contribution in [3.63, 3.8) is 0 Å². The quantitative estimate of drug-likeness (QED) is 0.162. The predicted molar refractivity (Wildman–Crippen MR) is 135 cm³/mol. The zero-order valence-corrected chi connectivity index (χ0v) is 21.1. The van der Waals surface area contributed by atoms with Gasteiger partial charge in [-0.3, -0.25) is 19.5 Å². The van der Waals surface area contributed by atoms with Crippen LogP contribution in [0.5, 0.6) is 5.75 Å². The molecule has 2 amide bonds. The van der Waals surface area contributed by atoms with E-state index in [1.54, 1.807) is 0 Å². The number of nitrogens with one attached hydrogen (secondary N) is 2. The minimum Gasteiger partial charge on any atom is -0.494 e. The van der Waals surface area contributed by atoms with Crippen molar-refractivity contribution in [1.82, 2.24) is 15.5 Å². The Labute approximate surface area is 207 Å². The number of hydrogen-bond donors (Lipinski definition) is 2. The molecule has 3 aliphatic rings. The van der Waals surface area contributed by atoms with Gasteiger partial charge in [-0.2, -0.15) is 0 Å². The van der Waals surface area contributed by atoms with Crippen molar-refractivity contribution in [3.05, 3.63) is 42.0 Å². The minimum atomic E-state index is -0.130. The van der Waals surface area contributed by atoms with Crippen LogP contribution < -0.4 is 15.4 Å². The summed E-state index contributed by atoms with van der Waals surface area (Å²) in [6.45, 7) is 6.84. The molecule has 1 saturated carbocycles. The molecule has 1 aromatic rings. The van der Waals surface area contributed by atoms with Gasteiger partial charge in [-0.05, 0) is 50.2 Å². The molecule has 2 aliphatic carbocycles. The van der Waals surface area contributed by atoms with Gasteiger partial charge in [-0.15, -0.1) is 24.0 Å². The van der Waals surface area contributed by atoms with E-state index in [9.17, 15) is 9.59 Å². The summed E-state index contributed by atoms with van der Waals surface area (Å²) in [5.74, 6) is 1.84. The van der Waals surface area contributed by atoms with E-state index in [1.807, 2.05) is 32.0 Å². The van der Waals surface area contributed by atoms with Gasteiger partial charge in [0.25, 0.3) is 0 Å². The number of rotatable bonds is 9. The van der Waals surface area contributed by atoms with E-state index in [2.05, 4.69) is 33.8 Å². The molecule has 2 N–H and O–H groups in total. The van der Waals surface area contributed by atoms with Crippen molar-refractivity contribution >= 4 is 41.8 Å². The Morgan fingerprint density at radius 2 is 1.78 bits per heavy atom. The van der Waals surface area contributed by atoms with E-state index in [1.165, 1.54) is 4.90 Å². The topological polar surface area (TPSA) is 83.0 Å². The number of halogens is 1. The van der Waals surface area contributed by atoms with Crippen molar-refractivity contribution in [1.29, 1.82) is 0 Å². The van der Waals surface area contributed by atoms with Crippen LogP contribution in [0.4, 0.5) is 0 Å². The number of amides is 2. The predicted octanol–water partition coefficient (Wildman–Crippen LogP) is 2.61. The lowest BCUT2D eigenvalue weighted by Crippen LogP contribution is -2.43. The Hall–Kier alpha value is -2.10. The minimum absolute atomic E-state index is 0. The van der Waals surface area contributed by atoms with Crippen molar-refractivity contribution < 1.29 is 14.3 Å². The Morgan fingerprint density at radius 1 is 1.09 bits per heavy atom. The zero-order valence-electron chi connectivity index (χ0n) is 18.8. The summed E-state index contributed by atoms with van der Waals surface area (Å²) < 4.78 is 5.68. The molecule has 4 unspecified atom stereocenters. The third-order valence-electron chi connectivity index (χ3n) is 6.46. The zero-order chi connectivity index (χ0) is 21.8. The van der Waals surface area contributed by atoms with E-state index < -0.39 is 0 Å². The van der Waals surface area contributed by atoms with Crippen LogP contribution in [0.2, 0.25) is 0 Å². The highest BCUT2D eigenvalue weighted by atomic mass is 127. The van der Waals surface area contributed by atoms with Crippen molar-refractivity contribution in [3.8, 4) is 5.75 Å². The normalized spacial score (nSPS) is 25.7. The monoisotopic (exact) mass is 552 g/mol. The number of para-hydroxylation sites is 1. The van der Waals surface area contributed by atoms with Gasteiger partial charge < -0.3 is 15.4 Å². The molecule has 174 valence electrons. The Bertz CT molecular complexity index is 858. The van der Waals surface area contributed by atoms with Crippen LogP contribution in [0.3, 0.4) is 0 Å². The van der Waals surface area contributed by atoms with Crippen LogP contribution in [-0.4, -0.2) is 55.5 Å². The molecule has 1 heterocycles. The van der Waals surface area contributed by atoms with E-state index in [4.69, 9.17) is 4.74 Å². The molecule has 4 atom stereocenters. The van der Waals surface area contributed by atoms with Gasteiger partial charge in [0.15, 0.2) is 5.96 Å². The number of guanidine groups is 1. The maximum atomic E-state index is 12.8. The number of likely N-dealkylation sites (tertiary alicyclic amines) is 1. The van der Waals surface area contributed by atoms with E-state index in [0.29, 0.717) is 32.2 Å². The van der Waals surface area contributed by atoms with Crippen LogP contribution in [0.25, 0.3) is 0 Å². The number of nitrogens with zero attached hydrogens (tertiary/aromatic N) is 2. The number of ether oxygens (including phenoxy) is 1. The first kappa shape index (κ1) is 24.5. The summed E-state index contributed by atoms with van der Waals surface area (Å²) in [7, 11) is 0. The smallest absolute Gasteiger partial charge is 0.233 e. The fraction of sp³-hybridized carbons (Fsp3) is 0.542. The SMILES string of the molecule is CCNC(=NCCc1ccccc1OCC)NCCN1C(=O)C2C3C=CC(C3)C2C1=O.I. The number of benzene rings is 1. The second-order valence-corrected chi connectivity index (χ2v) is 8.31. The molecule has 32 heavy (non-hydrogen) atoms. The highest BCUT2D eigenvalue weighted by Gasteiger charge is 2.58. The van der Waals surface area contributed by atoms with E-state index in [-0.39, 0.29) is 59.5 Å². The number of hydrogen-bond acceptors (Lipinski definition) is 4. The van der Waals surface area contributed by atoms with Gasteiger partial charge in [0.2, 0.25) is 11.8 Å². The number of imide groups is 1. The first-order valence-corrected chi connectivity index (χ1v) is 11.4. The molecule has 0 aromatic heterocycles. The molecule has 2 bridgehead atoms. The van der Waals surface area contributed by atoms with Gasteiger partial charge in [-0.1, -0.05) is 30.4 Å². The summed E-state index contributed by atoms with van der Waals surface area (Å²) >= 11 is 0. The molecule has 2 fully saturated rings. The number of carbonyl (C=O) groups excluding carboxylic acids is 2. The fourth-order valence-electron chi connectivity index (χ4n) is 5.11. The van der Waals surface area contributed by atoms with Gasteiger partial charge >= 0.3 is 0 Å². The summed E-state index contributed by atoms with van der Waals surface area (Å²) in [5.41, 5.74) is 1.13. The van der Waals surface area contributed by atoms with Gasteiger partial charge in [0.1, 0.15) is 5.75 Å². The highest BCUT2D eigenvalue weighted by Crippen LogP contribution is 2.52. The molecular formula is C24H33IN4O3. The lowest BCUT2D eigenvalue weighted by Gasteiger charge is -2.18. The van der Waals surface area contributed by atoms with Crippen LogP contribution in [0, 0.1) is 23.7 Å². The molecule has 0 spiro atoms. The lowest BCUT2D eigenvalue weighted by atomic mass is 9.85. The maximum absolute atomic E-state index is 12.8. The molecule has 7 nitrogen and oxygen atoms in total. The van der Waals surface area contributed by atoms with Gasteiger partial charge in [0, 0.05) is 26.2 Å². The lowest BCUT2D eigenvalue weighted by molar-refractivity contribution is -0.140. The maximum Gasteiger partial charge on any atom is 0.233 e. The largest absolute Gasteiger partial charge is 0.494 e. The number of carbonyl (C=O) groups is 2. The Morgan fingerprint density at radius 3 is 2.44 bits per heavy atom. The van der Waals surface area contributed by atoms with Crippen molar-refractivity contribution in [2.24, 2.45) is 28.7 Å². The van der Waals surface area contributed by atoms with Crippen LogP contribution >= 0.6 is 24.0 Å². The standard InChI is InChI=1S/C24H32N4O3.HI/c1-3-25-24(26-12-11-16-7-5-6-8-19(16)31-4-2)27-13-14-28-22(29)20-17-9-10-18(15-17)21(20)23(28)30;/h5-10,17-18,20-21H,3-4,11-15H2,1-2H3,(H2,25,26,27);1H. The second-order valence-electron chi connectivity index (χ2n) is 8.31. The molecule has 0 radical (unpaired) electrons. The summed E-state index contributed by atoms with van der Waals surface area (Å²) in [6.07, 6.45) is 5.98. The summed E-state index contributed by atoms with van der Waals surface area (Å²) in [4.78, 5) is 31.7. The van der Waals surface area contributed by atoms with Gasteiger partial charge in [0.05, 0.1) is 18.4 Å². The van der Waals surface area contributed by atoms with Crippen molar-refractivity contribution in [2.45, 2.75) is 26.7 Å². The van der Waals surface area contributed by atoms with Gasteiger partial charge in [-0.25, -0.2) is 0 Å². The fourth-order valence-corrected chi connectivity index (χ4v) is 5.11. The van der Waals surface area contributed by atoms with E-state index >= 15 is 0 Å². The molecule has 1 aromatic carbocycles. The number of fused-ring (bicyclic) bond motifs is 5. The highest BCUT2D eigenvalue weighted by molar-refractivity contribution is 14.0. The first-order valence-electron chi connectivity index (χ1n) is 11.4. The first-order chi connectivity index (χ1) is 15.1. The van der Waals surface area contributed by atoms with Crippen LogP contribution in [0.1, 0.15) is 25.8 Å². The average Bonchev–Trinajstić information content (AvgIpc) is 3.45. The summed E-state index contributed by atoms with van der Waals surface area (Å²) in [5, 5.41) is 6.49. The molecule has 4 rings (SSSR count). The number of allylic oxidation sites excluding steroid dienone is 2. The Balaban J connectivity index is 0.00000289. The average molecular weight is 552 g/mol. The van der Waals surface area contributed by atoms with Crippen LogP contribution in [0.15, 0.2) is 41.4 Å². The van der Waals surface area contributed by atoms with E-state index in [0.717, 1.165) is 30.7 Å². The Kier molecular flexibility index (Phi) is 8.56. The third-order valence-corrected chi connectivity index (χ3v) is 6.46. The molecular weight excluding hydrogens is 519 g/mol. The third kappa shape index (κ3) is 4.94. The summed E-state index contributed by atoms with van der Waals surface area (Å²) in [6, 6.07) is 8.02.